The third kappa shape index (κ3) is 4.55. The molecule has 0 radical (unpaired) electrons. The summed E-state index contributed by atoms with van der Waals surface area (Å²) in [6.45, 7) is 8.88. The minimum Gasteiger partial charge on any atom is -0.294 e. The summed E-state index contributed by atoms with van der Waals surface area (Å²) >= 11 is 0. The van der Waals surface area contributed by atoms with E-state index in [1.54, 1.807) is 0 Å². The minimum absolute atomic E-state index is 0.201. The molecule has 0 fully saturated rings. The highest BCUT2D eigenvalue weighted by Gasteiger charge is 2.32. The zero-order chi connectivity index (χ0) is 31.4. The Kier molecular flexibility index (Phi) is 6.66. The molecule has 0 amide bonds. The molecule has 0 unspecified atom stereocenters. The van der Waals surface area contributed by atoms with Gasteiger partial charge >= 0.3 is 0 Å². The molecule has 1 aliphatic rings. The first-order valence-corrected chi connectivity index (χ1v) is 15.9. The molecule has 5 heteroatoms. The van der Waals surface area contributed by atoms with Gasteiger partial charge in [-0.3, -0.25) is 4.57 Å². The fourth-order valence-electron chi connectivity index (χ4n) is 6.70. The van der Waals surface area contributed by atoms with E-state index in [0.29, 0.717) is 0 Å². The smallest absolute Gasteiger partial charge is 0.138 e. The highest BCUT2D eigenvalue weighted by atomic mass is 16.8. The molecule has 0 spiro atoms. The van der Waals surface area contributed by atoms with Gasteiger partial charge < -0.3 is 0 Å². The van der Waals surface area contributed by atoms with Gasteiger partial charge in [0.15, 0.2) is 0 Å². The van der Waals surface area contributed by atoms with Gasteiger partial charge in [-0.15, -0.1) is 4.94 Å². The van der Waals surface area contributed by atoms with Crippen LogP contribution in [0.3, 0.4) is 0 Å². The van der Waals surface area contributed by atoms with E-state index >= 15 is 0 Å². The van der Waals surface area contributed by atoms with Crippen molar-refractivity contribution in [2.75, 3.05) is 10.1 Å². The van der Waals surface area contributed by atoms with E-state index in [4.69, 9.17) is 9.92 Å². The van der Waals surface area contributed by atoms with Crippen LogP contribution < -0.4 is 10.1 Å². The molecular weight excluding hydrogens is 564 g/mol. The first kappa shape index (κ1) is 28.1. The van der Waals surface area contributed by atoms with Crippen LogP contribution in [-0.4, -0.2) is 15.6 Å². The third-order valence-electron chi connectivity index (χ3n) is 9.26. The van der Waals surface area contributed by atoms with Gasteiger partial charge in [0.25, 0.3) is 0 Å². The molecule has 8 rings (SSSR count). The third-order valence-corrected chi connectivity index (χ3v) is 9.26. The molecular formula is C41H36N4O. The summed E-state index contributed by atoms with van der Waals surface area (Å²) in [5, 5.41) is 6.35. The molecule has 1 aliphatic heterocycles. The Bertz CT molecular complexity index is 2220. The van der Waals surface area contributed by atoms with E-state index in [1.807, 2.05) is 16.3 Å². The zero-order valence-electron chi connectivity index (χ0n) is 26.6. The Labute approximate surface area is 269 Å². The summed E-state index contributed by atoms with van der Waals surface area (Å²) in [7, 11) is 0. The van der Waals surface area contributed by atoms with E-state index in [2.05, 4.69) is 166 Å². The van der Waals surface area contributed by atoms with Crippen molar-refractivity contribution in [2.24, 2.45) is 0 Å². The van der Waals surface area contributed by atoms with Crippen LogP contribution in [0, 0.1) is 0 Å². The number of hydroxylamine groups is 1. The van der Waals surface area contributed by atoms with E-state index in [1.165, 1.54) is 27.5 Å². The predicted octanol–water partition coefficient (Wildman–Crippen LogP) is 10.4. The summed E-state index contributed by atoms with van der Waals surface area (Å²) in [6.07, 6.45) is 1.91. The van der Waals surface area contributed by atoms with Gasteiger partial charge in [0.2, 0.25) is 0 Å². The van der Waals surface area contributed by atoms with E-state index in [9.17, 15) is 0 Å². The van der Waals surface area contributed by atoms with Crippen molar-refractivity contribution in [3.05, 3.63) is 151 Å². The summed E-state index contributed by atoms with van der Waals surface area (Å²) in [5.41, 5.74) is 9.87. The highest BCUT2D eigenvalue weighted by Crippen LogP contribution is 2.44. The lowest BCUT2D eigenvalue weighted by molar-refractivity contribution is 0.112. The molecule has 5 aromatic carbocycles. The molecule has 2 aromatic heterocycles. The number of rotatable bonds is 6. The number of fused-ring (bicyclic) bond motifs is 4. The summed E-state index contributed by atoms with van der Waals surface area (Å²) in [6, 6.07) is 47.6. The van der Waals surface area contributed by atoms with Crippen molar-refractivity contribution in [1.29, 1.82) is 0 Å². The molecule has 0 atom stereocenters. The van der Waals surface area contributed by atoms with Crippen LogP contribution in [0.4, 0.5) is 17.1 Å². The first-order valence-electron chi connectivity index (χ1n) is 15.9. The Morgan fingerprint density at radius 3 is 2.15 bits per heavy atom. The van der Waals surface area contributed by atoms with Gasteiger partial charge in [0.1, 0.15) is 5.82 Å². The number of para-hydroxylation sites is 3. The van der Waals surface area contributed by atoms with Crippen molar-refractivity contribution in [3.63, 3.8) is 0 Å². The number of nitrogens with zero attached hydrogens (tertiary/aromatic N) is 4. The molecule has 3 heterocycles. The summed E-state index contributed by atoms with van der Waals surface area (Å²) in [5.74, 6) is 0.907. The molecule has 46 heavy (non-hydrogen) atoms. The van der Waals surface area contributed by atoms with Crippen molar-refractivity contribution in [3.8, 4) is 16.9 Å². The van der Waals surface area contributed by atoms with Crippen LogP contribution in [0.1, 0.15) is 38.8 Å². The second kappa shape index (κ2) is 10.9. The maximum Gasteiger partial charge on any atom is 0.138 e. The number of anilines is 3. The number of pyridine rings is 1. The Morgan fingerprint density at radius 1 is 0.609 bits per heavy atom. The van der Waals surface area contributed by atoms with Crippen molar-refractivity contribution < 1.29 is 4.94 Å². The largest absolute Gasteiger partial charge is 0.294 e. The van der Waals surface area contributed by atoms with Crippen molar-refractivity contribution >= 4 is 38.9 Å². The van der Waals surface area contributed by atoms with Crippen molar-refractivity contribution in [2.45, 2.75) is 39.2 Å². The van der Waals surface area contributed by atoms with Gasteiger partial charge in [-0.05, 0) is 84.6 Å². The topological polar surface area (TPSA) is 33.5 Å². The van der Waals surface area contributed by atoms with Gasteiger partial charge in [0.05, 0.1) is 34.1 Å². The standard InChI is InChI=1S/C41H36N4O/c1-28(2)44-37-19-10-11-20-38(37)45(46-44)33-16-12-15-31(26-33)41(3,4)32-21-22-35-34-17-8-9-18-36(34)43(39(35)27-32)40-25-30(23-24-42-40)29-13-6-5-7-14-29/h5-28H,1-4H3. The molecule has 0 N–H and O–H groups in total. The lowest BCUT2D eigenvalue weighted by Gasteiger charge is -2.28. The lowest BCUT2D eigenvalue weighted by Crippen LogP contribution is -2.31. The van der Waals surface area contributed by atoms with Gasteiger partial charge in [0, 0.05) is 22.4 Å². The highest BCUT2D eigenvalue weighted by molar-refractivity contribution is 6.09. The Balaban J connectivity index is 1.24. The quantitative estimate of drug-likeness (QED) is 0.190. The second-order valence-corrected chi connectivity index (χ2v) is 12.8. The van der Waals surface area contributed by atoms with Crippen LogP contribution in [0.5, 0.6) is 0 Å². The Hall–Kier alpha value is -5.39. The molecule has 0 bridgehead atoms. The maximum atomic E-state index is 6.41. The van der Waals surface area contributed by atoms with Crippen LogP contribution in [-0.2, 0) is 10.4 Å². The zero-order valence-corrected chi connectivity index (χ0v) is 26.6. The summed E-state index contributed by atoms with van der Waals surface area (Å²) < 4.78 is 2.31. The molecule has 0 saturated carbocycles. The molecule has 226 valence electrons. The number of aromatic nitrogens is 2. The number of hydrogen-bond donors (Lipinski definition) is 0. The van der Waals surface area contributed by atoms with Crippen LogP contribution in [0.15, 0.2) is 140 Å². The molecule has 0 aliphatic carbocycles. The van der Waals surface area contributed by atoms with Crippen LogP contribution in [0.2, 0.25) is 0 Å². The average Bonchev–Trinajstić information content (AvgIpc) is 3.65. The van der Waals surface area contributed by atoms with E-state index < -0.39 is 0 Å². The average molecular weight is 601 g/mol. The van der Waals surface area contributed by atoms with E-state index in [-0.39, 0.29) is 11.5 Å². The van der Waals surface area contributed by atoms with Crippen molar-refractivity contribution in [1.82, 2.24) is 9.55 Å². The molecule has 0 saturated heterocycles. The van der Waals surface area contributed by atoms with E-state index in [0.717, 1.165) is 39.5 Å². The summed E-state index contributed by atoms with van der Waals surface area (Å²) in [4.78, 5) is 11.3. The van der Waals surface area contributed by atoms with Gasteiger partial charge in [-0.2, -0.15) is 5.06 Å². The second-order valence-electron chi connectivity index (χ2n) is 12.8. The monoisotopic (exact) mass is 600 g/mol. The molecule has 5 nitrogen and oxygen atoms in total. The predicted molar refractivity (Wildman–Crippen MR) is 190 cm³/mol. The maximum absolute atomic E-state index is 6.41. The number of hydrogen-bond acceptors (Lipinski definition) is 4. The fourth-order valence-corrected chi connectivity index (χ4v) is 6.70. The van der Waals surface area contributed by atoms with Gasteiger partial charge in [-0.1, -0.05) is 98.8 Å². The first-order chi connectivity index (χ1) is 22.4. The normalized spacial score (nSPS) is 13.2. The van der Waals surface area contributed by atoms with Crippen LogP contribution >= 0.6 is 0 Å². The fraction of sp³-hybridized carbons (Fsp3) is 0.146. The van der Waals surface area contributed by atoms with Gasteiger partial charge in [-0.25, -0.2) is 10.0 Å². The lowest BCUT2D eigenvalue weighted by atomic mass is 9.77. The van der Waals surface area contributed by atoms with Crippen LogP contribution in [0.25, 0.3) is 38.8 Å². The minimum atomic E-state index is -0.290. The SMILES string of the molecule is CC(C)N1ON(c2cccc(C(C)(C)c3ccc4c5ccccc5n(-c5cc(-c6ccccc6)ccn5)c4c3)c2)c2ccccc21. The molecule has 7 aromatic rings. The Morgan fingerprint density at radius 2 is 1.33 bits per heavy atom. The number of benzene rings is 5.